The normalized spacial score (nSPS) is 27.1. The molecule has 6 heteroatoms. The van der Waals surface area contributed by atoms with Crippen LogP contribution in [0.4, 0.5) is 11.4 Å². The number of nitrogens with one attached hydrogen (secondary N) is 1. The van der Waals surface area contributed by atoms with E-state index in [1.165, 1.54) is 11.8 Å². The van der Waals surface area contributed by atoms with Gasteiger partial charge in [-0.25, -0.2) is 0 Å². The summed E-state index contributed by atoms with van der Waals surface area (Å²) in [6, 6.07) is 6.86. The van der Waals surface area contributed by atoms with E-state index in [9.17, 15) is 19.5 Å². The van der Waals surface area contributed by atoms with E-state index in [1.54, 1.807) is 31.3 Å². The summed E-state index contributed by atoms with van der Waals surface area (Å²) in [5.74, 6) is -3.05. The number of carboxylic acid groups (broad SMARTS) is 1. The van der Waals surface area contributed by atoms with E-state index in [0.29, 0.717) is 12.1 Å². The van der Waals surface area contributed by atoms with Gasteiger partial charge in [0, 0.05) is 37.2 Å². The molecule has 1 fully saturated rings. The van der Waals surface area contributed by atoms with Crippen LogP contribution in [0, 0.1) is 23.7 Å². The van der Waals surface area contributed by atoms with Crippen molar-refractivity contribution in [1.82, 2.24) is 0 Å². The molecule has 2 aliphatic carbocycles. The molecule has 24 heavy (non-hydrogen) atoms. The zero-order valence-corrected chi connectivity index (χ0v) is 13.6. The topological polar surface area (TPSA) is 89.5 Å². The fourth-order valence-corrected chi connectivity index (χ4v) is 3.68. The molecule has 3 rings (SSSR count). The second kappa shape index (κ2) is 6.11. The maximum Gasteiger partial charge on any atom is 0.228 e. The van der Waals surface area contributed by atoms with Crippen molar-refractivity contribution in [3.8, 4) is 0 Å². The molecule has 1 saturated carbocycles. The Balaban J connectivity index is 1.72. The van der Waals surface area contributed by atoms with Crippen LogP contribution in [0.2, 0.25) is 0 Å². The van der Waals surface area contributed by atoms with Gasteiger partial charge in [0.05, 0.1) is 5.92 Å². The van der Waals surface area contributed by atoms with Crippen LogP contribution < -0.4 is 15.3 Å². The number of allylic oxidation sites excluding steroid dienone is 2. The van der Waals surface area contributed by atoms with Gasteiger partial charge in [0.25, 0.3) is 0 Å². The molecule has 0 aromatic heterocycles. The fourth-order valence-electron chi connectivity index (χ4n) is 3.68. The number of fused-ring (bicyclic) bond motifs is 2. The number of anilines is 2. The molecule has 0 aliphatic heterocycles. The summed E-state index contributed by atoms with van der Waals surface area (Å²) in [5, 5.41) is 14.2. The van der Waals surface area contributed by atoms with E-state index in [4.69, 9.17) is 0 Å². The lowest BCUT2D eigenvalue weighted by Gasteiger charge is -2.27. The highest BCUT2D eigenvalue weighted by molar-refractivity contribution is 5.96. The summed E-state index contributed by atoms with van der Waals surface area (Å²) in [4.78, 5) is 36.8. The van der Waals surface area contributed by atoms with Crippen LogP contribution >= 0.6 is 0 Å². The van der Waals surface area contributed by atoms with Crippen molar-refractivity contribution in [2.75, 3.05) is 17.3 Å². The number of carboxylic acids is 1. The van der Waals surface area contributed by atoms with E-state index in [0.717, 1.165) is 5.69 Å². The molecule has 0 radical (unpaired) electrons. The van der Waals surface area contributed by atoms with Crippen molar-refractivity contribution in [2.45, 2.75) is 13.3 Å². The lowest BCUT2D eigenvalue weighted by molar-refractivity contribution is -0.313. The van der Waals surface area contributed by atoms with E-state index in [-0.39, 0.29) is 23.7 Å². The molecule has 6 nitrogen and oxygen atoms in total. The van der Waals surface area contributed by atoms with Gasteiger partial charge in [0.2, 0.25) is 11.8 Å². The van der Waals surface area contributed by atoms with Crippen LogP contribution in [-0.4, -0.2) is 24.8 Å². The summed E-state index contributed by atoms with van der Waals surface area (Å²) in [6.07, 6.45) is 4.50. The number of hydrogen-bond acceptors (Lipinski definition) is 4. The molecule has 2 aliphatic rings. The third-order valence-electron chi connectivity index (χ3n) is 5.03. The van der Waals surface area contributed by atoms with Gasteiger partial charge in [-0.3, -0.25) is 9.59 Å². The van der Waals surface area contributed by atoms with E-state index >= 15 is 0 Å². The standard InChI is InChI=1S/C18H20N2O4/c1-10(21)20(2)14-7-5-13(6-8-14)19-17(22)15-11-3-4-12(9-11)16(15)18(23)24/h3-8,11-12,15-16H,9H2,1-2H3,(H,19,22)(H,23,24)/p-1/t11-,12+,15+,16+/m1/s1. The SMILES string of the molecule is CC(=O)N(C)c1ccc(NC(=O)[C@@H]2[C@@H](C(=O)[O-])[C@H]3C=C[C@@H]2C3)cc1. The predicted octanol–water partition coefficient (Wildman–Crippen LogP) is 0.796. The number of nitrogens with zero attached hydrogens (tertiary/aromatic N) is 1. The van der Waals surface area contributed by atoms with Crippen LogP contribution in [0.25, 0.3) is 0 Å². The minimum Gasteiger partial charge on any atom is -0.550 e. The average molecular weight is 327 g/mol. The molecule has 0 saturated heterocycles. The summed E-state index contributed by atoms with van der Waals surface area (Å²) in [7, 11) is 1.67. The average Bonchev–Trinajstić information content (AvgIpc) is 3.15. The summed E-state index contributed by atoms with van der Waals surface area (Å²) in [5.41, 5.74) is 1.29. The molecule has 2 amide bonds. The first-order valence-electron chi connectivity index (χ1n) is 7.93. The van der Waals surface area contributed by atoms with Crippen molar-refractivity contribution in [3.63, 3.8) is 0 Å². The highest BCUT2D eigenvalue weighted by Crippen LogP contribution is 2.48. The van der Waals surface area contributed by atoms with Gasteiger partial charge in [-0.15, -0.1) is 0 Å². The Hall–Kier alpha value is -2.63. The fraction of sp³-hybridized carbons (Fsp3) is 0.389. The number of carbonyl (C=O) groups is 3. The smallest absolute Gasteiger partial charge is 0.228 e. The molecule has 0 spiro atoms. The largest absolute Gasteiger partial charge is 0.550 e. The summed E-state index contributed by atoms with van der Waals surface area (Å²) < 4.78 is 0. The molecular weight excluding hydrogens is 308 g/mol. The highest BCUT2D eigenvalue weighted by atomic mass is 16.4. The van der Waals surface area contributed by atoms with E-state index < -0.39 is 17.8 Å². The van der Waals surface area contributed by atoms with Gasteiger partial charge in [-0.05, 0) is 42.5 Å². The minimum absolute atomic E-state index is 0.0407. The van der Waals surface area contributed by atoms with Crippen LogP contribution in [0.1, 0.15) is 13.3 Å². The first kappa shape index (κ1) is 16.2. The molecule has 1 N–H and O–H groups in total. The van der Waals surface area contributed by atoms with Crippen LogP contribution in [0.3, 0.4) is 0 Å². The number of carbonyl (C=O) groups excluding carboxylic acids is 3. The zero-order chi connectivity index (χ0) is 17.4. The monoisotopic (exact) mass is 327 g/mol. The maximum atomic E-state index is 12.5. The summed E-state index contributed by atoms with van der Waals surface area (Å²) >= 11 is 0. The molecule has 126 valence electrons. The van der Waals surface area contributed by atoms with Gasteiger partial charge < -0.3 is 20.1 Å². The van der Waals surface area contributed by atoms with Gasteiger partial charge >= 0.3 is 0 Å². The van der Waals surface area contributed by atoms with E-state index in [1.807, 2.05) is 12.2 Å². The molecular formula is C18H19N2O4-. The molecule has 0 unspecified atom stereocenters. The Morgan fingerprint density at radius 1 is 1.08 bits per heavy atom. The van der Waals surface area contributed by atoms with Crippen LogP contribution in [0.15, 0.2) is 36.4 Å². The molecule has 1 aromatic carbocycles. The van der Waals surface area contributed by atoms with Gasteiger partial charge in [0.1, 0.15) is 0 Å². The van der Waals surface area contributed by atoms with Gasteiger partial charge in [-0.1, -0.05) is 12.2 Å². The second-order valence-electron chi connectivity index (χ2n) is 6.43. The van der Waals surface area contributed by atoms with Crippen molar-refractivity contribution in [2.24, 2.45) is 23.7 Å². The Labute approximate surface area is 140 Å². The lowest BCUT2D eigenvalue weighted by Crippen LogP contribution is -2.42. The zero-order valence-electron chi connectivity index (χ0n) is 13.6. The Bertz CT molecular complexity index is 710. The number of aliphatic carboxylic acids is 1. The van der Waals surface area contributed by atoms with Crippen molar-refractivity contribution < 1.29 is 19.5 Å². The number of rotatable bonds is 4. The number of amides is 2. The van der Waals surface area contributed by atoms with Crippen molar-refractivity contribution in [1.29, 1.82) is 0 Å². The molecule has 0 heterocycles. The van der Waals surface area contributed by atoms with Crippen molar-refractivity contribution in [3.05, 3.63) is 36.4 Å². The van der Waals surface area contributed by atoms with Gasteiger partial charge in [-0.2, -0.15) is 0 Å². The molecule has 1 aromatic rings. The van der Waals surface area contributed by atoms with E-state index in [2.05, 4.69) is 5.32 Å². The Kier molecular flexibility index (Phi) is 4.13. The van der Waals surface area contributed by atoms with Crippen molar-refractivity contribution >= 4 is 29.2 Å². The Morgan fingerprint density at radius 2 is 1.67 bits per heavy atom. The second-order valence-corrected chi connectivity index (χ2v) is 6.43. The quantitative estimate of drug-likeness (QED) is 0.828. The molecule has 2 bridgehead atoms. The number of benzene rings is 1. The minimum atomic E-state index is -1.16. The highest BCUT2D eigenvalue weighted by Gasteiger charge is 2.48. The maximum absolute atomic E-state index is 12.5. The molecule has 4 atom stereocenters. The lowest BCUT2D eigenvalue weighted by atomic mass is 9.82. The number of hydrogen-bond donors (Lipinski definition) is 1. The first-order valence-corrected chi connectivity index (χ1v) is 7.93. The van der Waals surface area contributed by atoms with Crippen LogP contribution in [-0.2, 0) is 14.4 Å². The Morgan fingerprint density at radius 3 is 2.21 bits per heavy atom. The predicted molar refractivity (Wildman–Crippen MR) is 86.9 cm³/mol. The third-order valence-corrected chi connectivity index (χ3v) is 5.03. The van der Waals surface area contributed by atoms with Gasteiger partial charge in [0.15, 0.2) is 0 Å². The third kappa shape index (κ3) is 2.79. The van der Waals surface area contributed by atoms with Crippen LogP contribution in [0.5, 0.6) is 0 Å². The first-order chi connectivity index (χ1) is 11.4. The summed E-state index contributed by atoms with van der Waals surface area (Å²) in [6.45, 7) is 1.47.